The van der Waals surface area contributed by atoms with Gasteiger partial charge in [-0.1, -0.05) is 44.2 Å². The highest BCUT2D eigenvalue weighted by Crippen LogP contribution is 2.67. The number of aromatic nitrogens is 2. The van der Waals surface area contributed by atoms with Crippen LogP contribution in [-0.4, -0.2) is 43.8 Å². The van der Waals surface area contributed by atoms with Gasteiger partial charge in [-0.25, -0.2) is 4.98 Å². The Kier molecular flexibility index (Phi) is 5.26. The van der Waals surface area contributed by atoms with Crippen LogP contribution in [0.15, 0.2) is 51.8 Å². The largest absolute Gasteiger partial charge is 0.430 e. The Balaban J connectivity index is 1.28. The normalized spacial score (nSPS) is 39.5. The molecule has 2 aromatic rings. The third-order valence-electron chi connectivity index (χ3n) is 9.74. The van der Waals surface area contributed by atoms with E-state index in [4.69, 9.17) is 4.42 Å². The van der Waals surface area contributed by atoms with Crippen LogP contribution in [0.3, 0.4) is 0 Å². The van der Waals surface area contributed by atoms with Crippen LogP contribution in [0, 0.1) is 34.5 Å². The first kappa shape index (κ1) is 23.8. The lowest BCUT2D eigenvalue weighted by atomic mass is 9.46. The Morgan fingerprint density at radius 1 is 1.31 bits per heavy atom. The number of carbonyl (C=O) groups is 3. The Bertz CT molecular complexity index is 1330. The summed E-state index contributed by atoms with van der Waals surface area (Å²) in [5.41, 5.74) is -0.847. The van der Waals surface area contributed by atoms with Gasteiger partial charge in [0.15, 0.2) is 22.8 Å². The van der Waals surface area contributed by atoms with Gasteiger partial charge in [-0.3, -0.25) is 14.4 Å². The quantitative estimate of drug-likeness (QED) is 0.610. The molecule has 0 bridgehead atoms. The molecule has 0 radical (unpaired) electrons. The van der Waals surface area contributed by atoms with Crippen molar-refractivity contribution >= 4 is 40.3 Å². The lowest BCUT2D eigenvalue weighted by Crippen LogP contribution is -2.61. The van der Waals surface area contributed by atoms with Crippen LogP contribution in [0.4, 0.5) is 0 Å². The number of thioether (sulfide) groups is 1. The van der Waals surface area contributed by atoms with Crippen LogP contribution in [0.1, 0.15) is 46.5 Å². The summed E-state index contributed by atoms with van der Waals surface area (Å²) in [6.45, 7) is 5.94. The van der Waals surface area contributed by atoms with Gasteiger partial charge in [0.05, 0.1) is 5.75 Å². The molecule has 0 aliphatic heterocycles. The minimum absolute atomic E-state index is 0.00765. The molecule has 2 heterocycles. The summed E-state index contributed by atoms with van der Waals surface area (Å²) in [6, 6.07) is 3.53. The van der Waals surface area contributed by atoms with Gasteiger partial charge < -0.3 is 9.52 Å². The number of ketones is 3. The van der Waals surface area contributed by atoms with Crippen molar-refractivity contribution < 1.29 is 23.9 Å². The van der Waals surface area contributed by atoms with Crippen molar-refractivity contribution in [3.63, 3.8) is 0 Å². The van der Waals surface area contributed by atoms with Crippen molar-refractivity contribution in [2.75, 3.05) is 5.75 Å². The number of rotatable bonds is 4. The first-order valence-electron chi connectivity index (χ1n) is 12.6. The number of allylic oxidation sites excluding steroid dienone is 4. The van der Waals surface area contributed by atoms with E-state index in [0.29, 0.717) is 22.9 Å². The van der Waals surface area contributed by atoms with E-state index in [-0.39, 0.29) is 53.2 Å². The summed E-state index contributed by atoms with van der Waals surface area (Å²) in [7, 11) is 0. The van der Waals surface area contributed by atoms with Gasteiger partial charge in [-0.15, -0.1) is 0 Å². The summed E-state index contributed by atoms with van der Waals surface area (Å²) in [4.78, 5) is 48.0. The van der Waals surface area contributed by atoms with Crippen molar-refractivity contribution in [3.8, 4) is 0 Å². The number of hydrogen-bond donors (Lipinski definition) is 1. The van der Waals surface area contributed by atoms with Crippen LogP contribution < -0.4 is 0 Å². The van der Waals surface area contributed by atoms with Gasteiger partial charge >= 0.3 is 0 Å². The molecule has 3 fully saturated rings. The zero-order valence-electron chi connectivity index (χ0n) is 20.7. The fourth-order valence-electron chi connectivity index (χ4n) is 8.01. The highest BCUT2D eigenvalue weighted by atomic mass is 32.2. The first-order chi connectivity index (χ1) is 17.1. The molecule has 1 N–H and O–H groups in total. The summed E-state index contributed by atoms with van der Waals surface area (Å²) >= 11 is 1.16. The van der Waals surface area contributed by atoms with Gasteiger partial charge in [0, 0.05) is 29.4 Å². The lowest BCUT2D eigenvalue weighted by molar-refractivity contribution is -0.169. The van der Waals surface area contributed by atoms with Crippen LogP contribution >= 0.6 is 11.8 Å². The zero-order valence-corrected chi connectivity index (χ0v) is 21.5. The first-order valence-corrected chi connectivity index (χ1v) is 13.6. The molecule has 0 aromatic carbocycles. The SMILES string of the molecule is C[C@@H]1CC2C3CCC4=CC(=O)C=CC4(C)C3C(=O)CC2(C)[C@@]1(O)C(=O)CSc1nc2ncccc2o1. The number of fused-ring (bicyclic) bond motifs is 6. The fourth-order valence-corrected chi connectivity index (χ4v) is 8.78. The third kappa shape index (κ3) is 3.13. The van der Waals surface area contributed by atoms with Crippen molar-refractivity contribution in [2.24, 2.45) is 34.5 Å². The minimum atomic E-state index is -1.61. The molecule has 8 heteroatoms. The summed E-state index contributed by atoms with van der Waals surface area (Å²) < 4.78 is 5.70. The van der Waals surface area contributed by atoms with Crippen molar-refractivity contribution in [2.45, 2.75) is 57.3 Å². The lowest BCUT2D eigenvalue weighted by Gasteiger charge is -2.56. The molecule has 0 amide bonds. The average Bonchev–Trinajstić information content (AvgIpc) is 3.35. The number of oxazole rings is 1. The van der Waals surface area contributed by atoms with Crippen LogP contribution in [-0.2, 0) is 14.4 Å². The number of aliphatic hydroxyl groups is 1. The van der Waals surface area contributed by atoms with Gasteiger partial charge in [-0.05, 0) is 61.3 Å². The number of pyridine rings is 1. The molecule has 3 saturated carbocycles. The molecule has 188 valence electrons. The highest BCUT2D eigenvalue weighted by molar-refractivity contribution is 7.99. The molecule has 0 saturated heterocycles. The summed E-state index contributed by atoms with van der Waals surface area (Å²) in [5, 5.41) is 12.4. The van der Waals surface area contributed by atoms with E-state index in [9.17, 15) is 19.5 Å². The Morgan fingerprint density at radius 3 is 2.89 bits per heavy atom. The summed E-state index contributed by atoms with van der Waals surface area (Å²) in [5.74, 6) is -0.592. The van der Waals surface area contributed by atoms with Gasteiger partial charge in [-0.2, -0.15) is 4.98 Å². The van der Waals surface area contributed by atoms with E-state index in [2.05, 4.69) is 16.9 Å². The molecule has 2 aromatic heterocycles. The minimum Gasteiger partial charge on any atom is -0.430 e. The Morgan fingerprint density at radius 2 is 2.11 bits per heavy atom. The van der Waals surface area contributed by atoms with Crippen LogP contribution in [0.5, 0.6) is 0 Å². The Hall–Kier alpha value is -2.58. The molecular formula is C28H30N2O5S. The number of nitrogens with zero attached hydrogens (tertiary/aromatic N) is 2. The smallest absolute Gasteiger partial charge is 0.258 e. The second-order valence-electron chi connectivity index (χ2n) is 11.5. The highest BCUT2D eigenvalue weighted by Gasteiger charge is 2.70. The molecule has 6 rings (SSSR count). The van der Waals surface area contributed by atoms with E-state index in [1.54, 1.807) is 30.5 Å². The molecule has 36 heavy (non-hydrogen) atoms. The number of hydrogen-bond acceptors (Lipinski definition) is 8. The third-order valence-corrected chi connectivity index (χ3v) is 10.6. The summed E-state index contributed by atoms with van der Waals surface area (Å²) in [6.07, 6.45) is 9.25. The van der Waals surface area contributed by atoms with E-state index in [0.717, 1.165) is 30.2 Å². The van der Waals surface area contributed by atoms with Gasteiger partial charge in [0.2, 0.25) is 0 Å². The number of carbonyl (C=O) groups excluding carboxylic acids is 3. The second-order valence-corrected chi connectivity index (χ2v) is 12.4. The van der Waals surface area contributed by atoms with Crippen molar-refractivity contribution in [1.82, 2.24) is 9.97 Å². The molecule has 4 aliphatic carbocycles. The maximum Gasteiger partial charge on any atom is 0.258 e. The van der Waals surface area contributed by atoms with Crippen molar-refractivity contribution in [1.29, 1.82) is 0 Å². The standard InChI is InChI=1S/C28H30N2O5S/c1-15-11-19-18-7-6-16-12-17(31)8-9-26(16,2)23(18)20(32)13-27(19,3)28(15,34)22(33)14-36-25-30-24-21(35-25)5-4-10-29-24/h4-5,8-10,12,15,18-19,23,34H,6-7,11,13-14H2,1-3H3/t15-,18?,19?,23?,26?,27?,28+/m1/s1. The molecule has 5 unspecified atom stereocenters. The maximum atomic E-state index is 13.8. The predicted molar refractivity (Wildman–Crippen MR) is 134 cm³/mol. The molecule has 4 aliphatic rings. The molecule has 0 spiro atoms. The number of Topliss-reactive ketones (excluding diaryl/α,β-unsaturated/α-hetero) is 2. The van der Waals surface area contributed by atoms with Gasteiger partial charge in [0.25, 0.3) is 5.22 Å². The predicted octanol–water partition coefficient (Wildman–Crippen LogP) is 4.35. The second kappa shape index (κ2) is 7.96. The Labute approximate surface area is 213 Å². The van der Waals surface area contributed by atoms with E-state index < -0.39 is 16.4 Å². The molecular weight excluding hydrogens is 476 g/mol. The van der Waals surface area contributed by atoms with E-state index >= 15 is 0 Å². The van der Waals surface area contributed by atoms with Crippen molar-refractivity contribution in [3.05, 3.63) is 42.1 Å². The van der Waals surface area contributed by atoms with Crippen LogP contribution in [0.2, 0.25) is 0 Å². The maximum absolute atomic E-state index is 13.8. The van der Waals surface area contributed by atoms with E-state index in [1.807, 2.05) is 19.9 Å². The molecule has 7 atom stereocenters. The topological polar surface area (TPSA) is 110 Å². The zero-order chi connectivity index (χ0) is 25.5. The van der Waals surface area contributed by atoms with Crippen LogP contribution in [0.25, 0.3) is 11.2 Å². The average molecular weight is 507 g/mol. The van der Waals surface area contributed by atoms with E-state index in [1.165, 1.54) is 0 Å². The fraction of sp³-hybridized carbons (Fsp3) is 0.536. The molecule has 7 nitrogen and oxygen atoms in total. The van der Waals surface area contributed by atoms with Gasteiger partial charge in [0.1, 0.15) is 11.4 Å². The monoisotopic (exact) mass is 506 g/mol.